The van der Waals surface area contributed by atoms with Gasteiger partial charge in [0.25, 0.3) is 0 Å². The van der Waals surface area contributed by atoms with E-state index in [1.807, 2.05) is 18.2 Å². The maximum Gasteiger partial charge on any atom is 0.105 e. The zero-order valence-electron chi connectivity index (χ0n) is 11.4. The molecule has 20 heavy (non-hydrogen) atoms. The van der Waals surface area contributed by atoms with Gasteiger partial charge < -0.3 is 15.1 Å². The van der Waals surface area contributed by atoms with E-state index in [2.05, 4.69) is 14.9 Å². The lowest BCUT2D eigenvalue weighted by Crippen LogP contribution is -2.21. The number of nitrogens with zero attached hydrogens (tertiary/aromatic N) is 4. The SMILES string of the molecule is [N-]=[N+]=NCCC(O)C(O)c1cccc(N2CCCC2)c1. The number of hydrogen-bond donors (Lipinski definition) is 2. The predicted molar refractivity (Wildman–Crippen MR) is 77.5 cm³/mol. The first-order valence-electron chi connectivity index (χ1n) is 6.94. The molecule has 0 amide bonds. The van der Waals surface area contributed by atoms with Crippen molar-refractivity contribution in [2.24, 2.45) is 5.11 Å². The highest BCUT2D eigenvalue weighted by Gasteiger charge is 2.19. The van der Waals surface area contributed by atoms with Gasteiger partial charge in [-0.1, -0.05) is 17.2 Å². The molecule has 1 aromatic carbocycles. The van der Waals surface area contributed by atoms with Crippen LogP contribution in [0.3, 0.4) is 0 Å². The molecule has 1 aliphatic rings. The van der Waals surface area contributed by atoms with Gasteiger partial charge in [0.15, 0.2) is 0 Å². The van der Waals surface area contributed by atoms with Gasteiger partial charge in [0.1, 0.15) is 6.10 Å². The molecule has 0 aromatic heterocycles. The summed E-state index contributed by atoms with van der Waals surface area (Å²) in [5, 5.41) is 23.4. The molecule has 2 N–H and O–H groups in total. The van der Waals surface area contributed by atoms with E-state index >= 15 is 0 Å². The maximum absolute atomic E-state index is 10.2. The maximum atomic E-state index is 10.2. The molecule has 2 unspecified atom stereocenters. The van der Waals surface area contributed by atoms with Crippen LogP contribution in [-0.2, 0) is 0 Å². The molecule has 6 heteroatoms. The van der Waals surface area contributed by atoms with Crippen molar-refractivity contribution in [1.29, 1.82) is 0 Å². The first-order valence-corrected chi connectivity index (χ1v) is 6.94. The minimum atomic E-state index is -0.952. The molecule has 2 rings (SSSR count). The summed E-state index contributed by atoms with van der Waals surface area (Å²) in [7, 11) is 0. The standard InChI is InChI=1S/C14H20N4O2/c15-17-16-7-6-13(19)14(20)11-4-3-5-12(10-11)18-8-1-2-9-18/h3-5,10,13-14,19-20H,1-2,6-9H2. The average Bonchev–Trinajstić information content (AvgIpc) is 3.01. The van der Waals surface area contributed by atoms with Crippen molar-refractivity contribution in [2.45, 2.75) is 31.5 Å². The molecule has 0 saturated carbocycles. The van der Waals surface area contributed by atoms with E-state index in [-0.39, 0.29) is 13.0 Å². The Morgan fingerprint density at radius 2 is 2.05 bits per heavy atom. The third-order valence-corrected chi connectivity index (χ3v) is 3.64. The molecule has 0 spiro atoms. The molecule has 0 radical (unpaired) electrons. The van der Waals surface area contributed by atoms with Crippen molar-refractivity contribution >= 4 is 5.69 Å². The molecule has 0 aliphatic carbocycles. The van der Waals surface area contributed by atoms with Crippen LogP contribution in [0.4, 0.5) is 5.69 Å². The van der Waals surface area contributed by atoms with Crippen LogP contribution in [0.2, 0.25) is 0 Å². The van der Waals surface area contributed by atoms with Crippen LogP contribution < -0.4 is 4.90 Å². The second-order valence-corrected chi connectivity index (χ2v) is 5.04. The summed E-state index contributed by atoms with van der Waals surface area (Å²) in [6.45, 7) is 2.26. The average molecular weight is 276 g/mol. The fourth-order valence-corrected chi connectivity index (χ4v) is 2.50. The fraction of sp³-hybridized carbons (Fsp3) is 0.571. The second kappa shape index (κ2) is 7.14. The number of rotatable bonds is 6. The molecule has 1 heterocycles. The van der Waals surface area contributed by atoms with Gasteiger partial charge in [-0.2, -0.15) is 0 Å². The number of benzene rings is 1. The van der Waals surface area contributed by atoms with Crippen molar-refractivity contribution in [2.75, 3.05) is 24.5 Å². The van der Waals surface area contributed by atoms with Crippen molar-refractivity contribution in [3.8, 4) is 0 Å². The van der Waals surface area contributed by atoms with Gasteiger partial charge in [0, 0.05) is 30.2 Å². The third-order valence-electron chi connectivity index (χ3n) is 3.64. The quantitative estimate of drug-likeness (QED) is 0.474. The molecule has 1 saturated heterocycles. The summed E-state index contributed by atoms with van der Waals surface area (Å²) in [6, 6.07) is 7.65. The van der Waals surface area contributed by atoms with Crippen LogP contribution in [0.25, 0.3) is 10.4 Å². The number of aliphatic hydroxyl groups is 2. The zero-order valence-corrected chi connectivity index (χ0v) is 11.4. The van der Waals surface area contributed by atoms with E-state index in [9.17, 15) is 10.2 Å². The van der Waals surface area contributed by atoms with Gasteiger partial charge >= 0.3 is 0 Å². The van der Waals surface area contributed by atoms with E-state index in [1.54, 1.807) is 6.07 Å². The van der Waals surface area contributed by atoms with Crippen LogP contribution in [0.5, 0.6) is 0 Å². The molecule has 2 atom stereocenters. The van der Waals surface area contributed by atoms with E-state index < -0.39 is 12.2 Å². The molecular formula is C14H20N4O2. The summed E-state index contributed by atoms with van der Waals surface area (Å²) in [5.41, 5.74) is 9.98. The molecular weight excluding hydrogens is 256 g/mol. The summed E-state index contributed by atoms with van der Waals surface area (Å²) in [6.07, 6.45) is 0.767. The number of hydrogen-bond acceptors (Lipinski definition) is 4. The molecule has 6 nitrogen and oxygen atoms in total. The minimum Gasteiger partial charge on any atom is -0.390 e. The molecule has 1 fully saturated rings. The van der Waals surface area contributed by atoms with E-state index in [0.717, 1.165) is 18.8 Å². The van der Waals surface area contributed by atoms with Crippen LogP contribution in [0, 0.1) is 0 Å². The Bertz CT molecular complexity index is 482. The fourth-order valence-electron chi connectivity index (χ4n) is 2.50. The highest BCUT2D eigenvalue weighted by atomic mass is 16.3. The Labute approximate surface area is 118 Å². The van der Waals surface area contributed by atoms with E-state index in [1.165, 1.54) is 12.8 Å². The lowest BCUT2D eigenvalue weighted by atomic mass is 10.0. The van der Waals surface area contributed by atoms with Crippen molar-refractivity contribution in [3.63, 3.8) is 0 Å². The Balaban J connectivity index is 2.03. The van der Waals surface area contributed by atoms with Crippen LogP contribution in [0.15, 0.2) is 29.4 Å². The normalized spacial score (nSPS) is 17.6. The first-order chi connectivity index (χ1) is 9.72. The monoisotopic (exact) mass is 276 g/mol. The first kappa shape index (κ1) is 14.7. The summed E-state index contributed by atoms with van der Waals surface area (Å²) in [4.78, 5) is 4.91. The van der Waals surface area contributed by atoms with E-state index in [4.69, 9.17) is 5.53 Å². The van der Waals surface area contributed by atoms with Gasteiger partial charge in [-0.25, -0.2) is 0 Å². The molecule has 108 valence electrons. The van der Waals surface area contributed by atoms with Gasteiger partial charge in [-0.3, -0.25) is 0 Å². The smallest absolute Gasteiger partial charge is 0.105 e. The van der Waals surface area contributed by atoms with Crippen molar-refractivity contribution in [3.05, 3.63) is 40.3 Å². The van der Waals surface area contributed by atoms with Gasteiger partial charge in [-0.05, 0) is 42.5 Å². The predicted octanol–water partition coefficient (Wildman–Crippen LogP) is 2.38. The van der Waals surface area contributed by atoms with Gasteiger partial charge in [-0.15, -0.1) is 0 Å². The molecule has 0 bridgehead atoms. The lowest BCUT2D eigenvalue weighted by molar-refractivity contribution is 0.0150. The topological polar surface area (TPSA) is 92.5 Å². The summed E-state index contributed by atoms with van der Waals surface area (Å²) >= 11 is 0. The highest BCUT2D eigenvalue weighted by molar-refractivity contribution is 5.49. The second-order valence-electron chi connectivity index (χ2n) is 5.04. The summed E-state index contributed by atoms with van der Waals surface area (Å²) < 4.78 is 0. The minimum absolute atomic E-state index is 0.181. The number of aliphatic hydroxyl groups excluding tert-OH is 2. The highest BCUT2D eigenvalue weighted by Crippen LogP contribution is 2.26. The third kappa shape index (κ3) is 3.63. The Hall–Kier alpha value is -1.75. The number of anilines is 1. The van der Waals surface area contributed by atoms with Crippen LogP contribution in [-0.4, -0.2) is 36.0 Å². The van der Waals surface area contributed by atoms with Crippen LogP contribution in [0.1, 0.15) is 30.9 Å². The lowest BCUT2D eigenvalue weighted by Gasteiger charge is -2.21. The molecule has 1 aliphatic heterocycles. The number of azide groups is 1. The Morgan fingerprint density at radius 1 is 1.30 bits per heavy atom. The molecule has 1 aromatic rings. The van der Waals surface area contributed by atoms with Gasteiger partial charge in [0.2, 0.25) is 0 Å². The Kier molecular flexibility index (Phi) is 5.24. The zero-order chi connectivity index (χ0) is 14.4. The van der Waals surface area contributed by atoms with Crippen molar-refractivity contribution < 1.29 is 10.2 Å². The summed E-state index contributed by atoms with van der Waals surface area (Å²) in [5.74, 6) is 0. The van der Waals surface area contributed by atoms with Crippen molar-refractivity contribution in [1.82, 2.24) is 0 Å². The van der Waals surface area contributed by atoms with Gasteiger partial charge in [0.05, 0.1) is 6.10 Å². The van der Waals surface area contributed by atoms with Crippen LogP contribution >= 0.6 is 0 Å². The van der Waals surface area contributed by atoms with E-state index in [0.29, 0.717) is 5.56 Å². The Morgan fingerprint density at radius 3 is 2.75 bits per heavy atom. The largest absolute Gasteiger partial charge is 0.390 e.